The first kappa shape index (κ1) is 13.6. The number of Topliss-reactive ketones (excluding diaryl/α,β-unsaturated/α-hetero) is 1. The Hall–Kier alpha value is -2.87. The fraction of sp³-hybridized carbons (Fsp3) is 0.136. The predicted octanol–water partition coefficient (Wildman–Crippen LogP) is 4.98. The van der Waals surface area contributed by atoms with Crippen LogP contribution in [0.5, 0.6) is 11.5 Å². The summed E-state index contributed by atoms with van der Waals surface area (Å²) in [7, 11) is 0. The number of ketones is 1. The minimum Gasteiger partial charge on any atom is -0.457 e. The Bertz CT molecular complexity index is 912. The van der Waals surface area contributed by atoms with E-state index in [1.165, 1.54) is 0 Å². The van der Waals surface area contributed by atoms with Crippen LogP contribution in [0.4, 0.5) is 0 Å². The number of para-hydroxylation sites is 2. The second kappa shape index (κ2) is 5.07. The minimum atomic E-state index is -0.0615. The largest absolute Gasteiger partial charge is 0.457 e. The molecule has 0 saturated heterocycles. The van der Waals surface area contributed by atoms with Crippen molar-refractivity contribution < 1.29 is 9.53 Å². The first-order chi connectivity index (χ1) is 11.8. The standard InChI is InChI=1S/C22H16O2/c23-22-15-8-2-1-7-14(15)13-18(22)21-16-9-3-5-11-19(16)24-20-12-6-4-10-17(20)21/h1-12,18,21H,13H2. The zero-order valence-electron chi connectivity index (χ0n) is 13.1. The molecule has 0 saturated carbocycles. The molecular weight excluding hydrogens is 296 g/mol. The number of fused-ring (bicyclic) bond motifs is 3. The van der Waals surface area contributed by atoms with Crippen molar-refractivity contribution in [1.82, 2.24) is 0 Å². The molecule has 0 N–H and O–H groups in total. The normalized spacial score (nSPS) is 18.5. The van der Waals surface area contributed by atoms with Gasteiger partial charge in [0.2, 0.25) is 0 Å². The molecule has 0 spiro atoms. The quantitative estimate of drug-likeness (QED) is 0.633. The second-order valence-electron chi connectivity index (χ2n) is 6.49. The summed E-state index contributed by atoms with van der Waals surface area (Å²) >= 11 is 0. The van der Waals surface area contributed by atoms with Gasteiger partial charge in [-0.15, -0.1) is 0 Å². The summed E-state index contributed by atoms with van der Waals surface area (Å²) in [6.07, 6.45) is 0.794. The van der Waals surface area contributed by atoms with Crippen LogP contribution in [-0.2, 0) is 6.42 Å². The molecular formula is C22H16O2. The maximum absolute atomic E-state index is 13.1. The monoisotopic (exact) mass is 312 g/mol. The summed E-state index contributed by atoms with van der Waals surface area (Å²) in [5, 5.41) is 0. The maximum atomic E-state index is 13.1. The van der Waals surface area contributed by atoms with Gasteiger partial charge in [-0.25, -0.2) is 0 Å². The Labute approximate surface area is 140 Å². The Kier molecular flexibility index (Phi) is 2.86. The molecule has 1 aliphatic carbocycles. The summed E-state index contributed by atoms with van der Waals surface area (Å²) in [6, 6.07) is 24.2. The van der Waals surface area contributed by atoms with E-state index in [-0.39, 0.29) is 17.6 Å². The van der Waals surface area contributed by atoms with Gasteiger partial charge in [0.25, 0.3) is 0 Å². The lowest BCUT2D eigenvalue weighted by atomic mass is 9.77. The molecule has 1 atom stereocenters. The fourth-order valence-corrected chi connectivity index (χ4v) is 4.12. The number of ether oxygens (including phenoxy) is 1. The van der Waals surface area contributed by atoms with Crippen molar-refractivity contribution in [2.75, 3.05) is 0 Å². The number of rotatable bonds is 1. The summed E-state index contributed by atoms with van der Waals surface area (Å²) < 4.78 is 6.07. The smallest absolute Gasteiger partial charge is 0.167 e. The molecule has 3 aromatic rings. The molecule has 2 nitrogen and oxygen atoms in total. The Balaban J connectivity index is 1.68. The average molecular weight is 312 g/mol. The molecule has 3 aromatic carbocycles. The van der Waals surface area contributed by atoms with Gasteiger partial charge in [-0.1, -0.05) is 60.7 Å². The van der Waals surface area contributed by atoms with Crippen LogP contribution in [0.3, 0.4) is 0 Å². The van der Waals surface area contributed by atoms with Gasteiger partial charge >= 0.3 is 0 Å². The molecule has 5 rings (SSSR count). The minimum absolute atomic E-state index is 0.0473. The maximum Gasteiger partial charge on any atom is 0.167 e. The highest BCUT2D eigenvalue weighted by atomic mass is 16.5. The summed E-state index contributed by atoms with van der Waals surface area (Å²) in [4.78, 5) is 13.1. The van der Waals surface area contributed by atoms with Crippen molar-refractivity contribution in [3.05, 3.63) is 95.1 Å². The van der Waals surface area contributed by atoms with Crippen LogP contribution in [0.2, 0.25) is 0 Å². The third-order valence-corrected chi connectivity index (χ3v) is 5.19. The van der Waals surface area contributed by atoms with Crippen LogP contribution >= 0.6 is 0 Å². The SMILES string of the molecule is O=C1c2ccccc2CC1C1c2ccccc2Oc2ccccc21. The van der Waals surface area contributed by atoms with Crippen LogP contribution < -0.4 is 4.74 Å². The lowest BCUT2D eigenvalue weighted by molar-refractivity contribution is 0.0924. The molecule has 116 valence electrons. The van der Waals surface area contributed by atoms with Crippen molar-refractivity contribution in [1.29, 1.82) is 0 Å². The zero-order valence-corrected chi connectivity index (χ0v) is 13.1. The Morgan fingerprint density at radius 2 is 1.33 bits per heavy atom. The Morgan fingerprint density at radius 3 is 2.00 bits per heavy atom. The van der Waals surface area contributed by atoms with E-state index in [1.807, 2.05) is 54.6 Å². The van der Waals surface area contributed by atoms with Crippen molar-refractivity contribution in [2.24, 2.45) is 5.92 Å². The van der Waals surface area contributed by atoms with Gasteiger partial charge in [0.1, 0.15) is 11.5 Å². The van der Waals surface area contributed by atoms with Gasteiger partial charge in [0.05, 0.1) is 0 Å². The highest BCUT2D eigenvalue weighted by Crippen LogP contribution is 2.50. The molecule has 24 heavy (non-hydrogen) atoms. The fourth-order valence-electron chi connectivity index (χ4n) is 4.12. The van der Waals surface area contributed by atoms with Gasteiger partial charge in [0, 0.05) is 28.5 Å². The number of carbonyl (C=O) groups excluding carboxylic acids is 1. The average Bonchev–Trinajstić information content (AvgIpc) is 2.96. The first-order valence-corrected chi connectivity index (χ1v) is 8.31. The number of benzene rings is 3. The van der Waals surface area contributed by atoms with Crippen LogP contribution in [0.1, 0.15) is 33.0 Å². The van der Waals surface area contributed by atoms with Gasteiger partial charge in [-0.3, -0.25) is 4.79 Å². The third-order valence-electron chi connectivity index (χ3n) is 5.19. The summed E-state index contributed by atoms with van der Waals surface area (Å²) in [5.41, 5.74) is 4.27. The van der Waals surface area contributed by atoms with Crippen molar-refractivity contribution in [3.8, 4) is 11.5 Å². The van der Waals surface area contributed by atoms with E-state index in [0.29, 0.717) is 0 Å². The number of hydrogen-bond donors (Lipinski definition) is 0. The lowest BCUT2D eigenvalue weighted by Gasteiger charge is -2.31. The van der Waals surface area contributed by atoms with E-state index in [4.69, 9.17) is 4.74 Å². The van der Waals surface area contributed by atoms with Crippen LogP contribution in [0.15, 0.2) is 72.8 Å². The van der Waals surface area contributed by atoms with Crippen molar-refractivity contribution in [3.63, 3.8) is 0 Å². The molecule has 0 aromatic heterocycles. The second-order valence-corrected chi connectivity index (χ2v) is 6.49. The molecule has 2 heteroatoms. The van der Waals surface area contributed by atoms with Crippen LogP contribution in [0, 0.1) is 5.92 Å². The van der Waals surface area contributed by atoms with Crippen LogP contribution in [0.25, 0.3) is 0 Å². The molecule has 0 amide bonds. The van der Waals surface area contributed by atoms with Gasteiger partial charge in [-0.2, -0.15) is 0 Å². The first-order valence-electron chi connectivity index (χ1n) is 8.31. The van der Waals surface area contributed by atoms with Gasteiger partial charge < -0.3 is 4.74 Å². The van der Waals surface area contributed by atoms with Gasteiger partial charge in [0.15, 0.2) is 5.78 Å². The predicted molar refractivity (Wildman–Crippen MR) is 92.8 cm³/mol. The number of carbonyl (C=O) groups is 1. The zero-order chi connectivity index (χ0) is 16.1. The highest BCUT2D eigenvalue weighted by Gasteiger charge is 2.41. The molecule has 1 heterocycles. The molecule has 2 aliphatic rings. The molecule has 1 unspecified atom stereocenters. The van der Waals surface area contributed by atoms with Gasteiger partial charge in [-0.05, 0) is 24.1 Å². The molecule has 0 bridgehead atoms. The van der Waals surface area contributed by atoms with E-state index >= 15 is 0 Å². The molecule has 0 fully saturated rings. The molecule has 0 radical (unpaired) electrons. The summed E-state index contributed by atoms with van der Waals surface area (Å²) in [5.74, 6) is 1.97. The van der Waals surface area contributed by atoms with E-state index in [2.05, 4.69) is 18.2 Å². The number of hydrogen-bond acceptors (Lipinski definition) is 2. The lowest BCUT2D eigenvalue weighted by Crippen LogP contribution is -2.23. The summed E-state index contributed by atoms with van der Waals surface area (Å²) in [6.45, 7) is 0. The van der Waals surface area contributed by atoms with Crippen molar-refractivity contribution >= 4 is 5.78 Å². The Morgan fingerprint density at radius 1 is 0.750 bits per heavy atom. The van der Waals surface area contributed by atoms with E-state index in [1.54, 1.807) is 0 Å². The van der Waals surface area contributed by atoms with E-state index in [9.17, 15) is 4.79 Å². The van der Waals surface area contributed by atoms with E-state index in [0.717, 1.165) is 40.2 Å². The van der Waals surface area contributed by atoms with Crippen molar-refractivity contribution in [2.45, 2.75) is 12.3 Å². The van der Waals surface area contributed by atoms with Crippen LogP contribution in [-0.4, -0.2) is 5.78 Å². The topological polar surface area (TPSA) is 26.3 Å². The third kappa shape index (κ3) is 1.86. The molecule has 1 aliphatic heterocycles. The van der Waals surface area contributed by atoms with E-state index < -0.39 is 0 Å². The highest BCUT2D eigenvalue weighted by molar-refractivity contribution is 6.03.